The van der Waals surface area contributed by atoms with Gasteiger partial charge in [0, 0.05) is 19.3 Å². The minimum absolute atomic E-state index is 0.0565. The molecule has 0 fully saturated rings. The predicted octanol–water partition coefficient (Wildman–Crippen LogP) is 2.14. The van der Waals surface area contributed by atoms with Gasteiger partial charge in [-0.05, 0) is 30.9 Å². The van der Waals surface area contributed by atoms with Crippen molar-refractivity contribution in [3.63, 3.8) is 0 Å². The quantitative estimate of drug-likeness (QED) is 0.875. The average molecular weight is 239 g/mol. The molecule has 0 saturated heterocycles. The van der Waals surface area contributed by atoms with Crippen molar-refractivity contribution in [3.8, 4) is 5.75 Å². The van der Waals surface area contributed by atoms with Gasteiger partial charge in [0.1, 0.15) is 5.75 Å². The molecule has 0 aliphatic rings. The van der Waals surface area contributed by atoms with E-state index in [-0.39, 0.29) is 11.7 Å². The van der Waals surface area contributed by atoms with Crippen LogP contribution in [0.4, 0.5) is 0 Å². The van der Waals surface area contributed by atoms with Crippen LogP contribution in [0.5, 0.6) is 5.75 Å². The zero-order valence-electron chi connectivity index (χ0n) is 9.86. The van der Waals surface area contributed by atoms with Crippen LogP contribution in [0.3, 0.4) is 0 Å². The van der Waals surface area contributed by atoms with Crippen molar-refractivity contribution in [1.29, 1.82) is 0 Å². The highest BCUT2D eigenvalue weighted by molar-refractivity contribution is 7.98. The van der Waals surface area contributed by atoms with E-state index in [9.17, 15) is 9.90 Å². The summed E-state index contributed by atoms with van der Waals surface area (Å²) in [6, 6.07) is 5.10. The van der Waals surface area contributed by atoms with Crippen LogP contribution in [0.15, 0.2) is 18.2 Å². The van der Waals surface area contributed by atoms with E-state index >= 15 is 0 Å². The Balaban J connectivity index is 2.79. The molecule has 0 saturated carbocycles. The molecule has 0 bridgehead atoms. The zero-order chi connectivity index (χ0) is 12.1. The van der Waals surface area contributed by atoms with Crippen LogP contribution >= 0.6 is 11.8 Å². The summed E-state index contributed by atoms with van der Waals surface area (Å²) in [5, 5.41) is 9.68. The summed E-state index contributed by atoms with van der Waals surface area (Å²) in [5.74, 6) is 0.821. The minimum atomic E-state index is -0.133. The largest absolute Gasteiger partial charge is 0.507 e. The fourth-order valence-corrected chi connectivity index (χ4v) is 1.81. The first kappa shape index (κ1) is 12.9. The van der Waals surface area contributed by atoms with E-state index in [2.05, 4.69) is 0 Å². The van der Waals surface area contributed by atoms with E-state index in [0.29, 0.717) is 12.1 Å². The summed E-state index contributed by atoms with van der Waals surface area (Å²) in [6.07, 6.45) is 2.00. The van der Waals surface area contributed by atoms with E-state index in [4.69, 9.17) is 0 Å². The summed E-state index contributed by atoms with van der Waals surface area (Å²) in [6.45, 7) is 2.57. The van der Waals surface area contributed by atoms with Crippen molar-refractivity contribution in [2.24, 2.45) is 0 Å². The fourth-order valence-electron chi connectivity index (χ4n) is 1.36. The van der Waals surface area contributed by atoms with Gasteiger partial charge < -0.3 is 10.0 Å². The van der Waals surface area contributed by atoms with Crippen molar-refractivity contribution in [3.05, 3.63) is 29.3 Å². The number of rotatable bonds is 4. The van der Waals surface area contributed by atoms with Gasteiger partial charge in [0.25, 0.3) is 5.91 Å². The number of hydrogen-bond acceptors (Lipinski definition) is 3. The van der Waals surface area contributed by atoms with Gasteiger partial charge in [0.2, 0.25) is 0 Å². The Morgan fingerprint density at radius 1 is 1.50 bits per heavy atom. The first-order chi connectivity index (χ1) is 7.56. The maximum absolute atomic E-state index is 11.9. The smallest absolute Gasteiger partial charge is 0.257 e. The molecule has 3 nitrogen and oxygen atoms in total. The molecule has 16 heavy (non-hydrogen) atoms. The van der Waals surface area contributed by atoms with Crippen LogP contribution in [0.2, 0.25) is 0 Å². The minimum Gasteiger partial charge on any atom is -0.507 e. The highest BCUT2D eigenvalue weighted by Gasteiger charge is 2.14. The third kappa shape index (κ3) is 3.17. The maximum Gasteiger partial charge on any atom is 0.257 e. The summed E-state index contributed by atoms with van der Waals surface area (Å²) in [7, 11) is 1.75. The number of carbonyl (C=O) groups is 1. The Morgan fingerprint density at radius 2 is 2.19 bits per heavy atom. The molecular weight excluding hydrogens is 222 g/mol. The number of nitrogens with zero attached hydrogens (tertiary/aromatic N) is 1. The monoisotopic (exact) mass is 239 g/mol. The van der Waals surface area contributed by atoms with Crippen LogP contribution in [-0.2, 0) is 0 Å². The van der Waals surface area contributed by atoms with Crippen LogP contribution in [-0.4, -0.2) is 41.5 Å². The van der Waals surface area contributed by atoms with Gasteiger partial charge in [-0.3, -0.25) is 4.79 Å². The van der Waals surface area contributed by atoms with Crippen LogP contribution < -0.4 is 0 Å². The van der Waals surface area contributed by atoms with Crippen LogP contribution in [0.25, 0.3) is 0 Å². The van der Waals surface area contributed by atoms with Crippen molar-refractivity contribution in [2.45, 2.75) is 6.92 Å². The Hall–Kier alpha value is -1.16. The van der Waals surface area contributed by atoms with E-state index in [1.807, 2.05) is 19.2 Å². The molecule has 0 spiro atoms. The fraction of sp³-hybridized carbons (Fsp3) is 0.417. The zero-order valence-corrected chi connectivity index (χ0v) is 10.7. The molecule has 88 valence electrons. The highest BCUT2D eigenvalue weighted by atomic mass is 32.2. The van der Waals surface area contributed by atoms with Crippen molar-refractivity contribution in [1.82, 2.24) is 4.90 Å². The van der Waals surface area contributed by atoms with Gasteiger partial charge in [-0.2, -0.15) is 11.8 Å². The van der Waals surface area contributed by atoms with Gasteiger partial charge in [0.05, 0.1) is 5.56 Å². The number of hydrogen-bond donors (Lipinski definition) is 1. The lowest BCUT2D eigenvalue weighted by molar-refractivity contribution is 0.0801. The van der Waals surface area contributed by atoms with E-state index in [1.54, 1.807) is 35.8 Å². The van der Waals surface area contributed by atoms with Gasteiger partial charge in [-0.1, -0.05) is 6.07 Å². The van der Waals surface area contributed by atoms with Gasteiger partial charge in [-0.25, -0.2) is 0 Å². The number of phenols is 1. The van der Waals surface area contributed by atoms with Crippen LogP contribution in [0.1, 0.15) is 15.9 Å². The lowest BCUT2D eigenvalue weighted by atomic mass is 10.1. The Labute approximate surface area is 100 Å². The first-order valence-electron chi connectivity index (χ1n) is 5.10. The third-order valence-electron chi connectivity index (χ3n) is 2.36. The molecule has 0 unspecified atom stereocenters. The topological polar surface area (TPSA) is 40.5 Å². The molecule has 0 radical (unpaired) electrons. The molecule has 0 atom stereocenters. The second-order valence-corrected chi connectivity index (χ2v) is 4.73. The van der Waals surface area contributed by atoms with Crippen molar-refractivity contribution in [2.75, 3.05) is 25.6 Å². The van der Waals surface area contributed by atoms with E-state index in [0.717, 1.165) is 11.3 Å². The summed E-state index contributed by atoms with van der Waals surface area (Å²) < 4.78 is 0. The molecule has 1 rings (SSSR count). The molecule has 4 heteroatoms. The maximum atomic E-state index is 11.9. The van der Waals surface area contributed by atoms with Gasteiger partial charge in [0.15, 0.2) is 0 Å². The Bertz CT molecular complexity index is 379. The van der Waals surface area contributed by atoms with E-state index in [1.165, 1.54) is 0 Å². The number of amides is 1. The summed E-state index contributed by atoms with van der Waals surface area (Å²) >= 11 is 1.69. The molecule has 1 aromatic carbocycles. The molecule has 0 aliphatic heterocycles. The molecule has 1 N–H and O–H groups in total. The molecular formula is C12H17NO2S. The third-order valence-corrected chi connectivity index (χ3v) is 2.95. The van der Waals surface area contributed by atoms with Gasteiger partial charge >= 0.3 is 0 Å². The molecule has 1 aromatic rings. The Morgan fingerprint density at radius 3 is 2.75 bits per heavy atom. The number of carbonyl (C=O) groups excluding carboxylic acids is 1. The predicted molar refractivity (Wildman–Crippen MR) is 68.2 cm³/mol. The highest BCUT2D eigenvalue weighted by Crippen LogP contribution is 2.19. The number of aromatic hydroxyl groups is 1. The van der Waals surface area contributed by atoms with Crippen LogP contribution in [0, 0.1) is 6.92 Å². The lowest BCUT2D eigenvalue weighted by Crippen LogP contribution is -2.28. The van der Waals surface area contributed by atoms with E-state index < -0.39 is 0 Å². The number of benzene rings is 1. The van der Waals surface area contributed by atoms with Crippen molar-refractivity contribution >= 4 is 17.7 Å². The van der Waals surface area contributed by atoms with Gasteiger partial charge in [-0.15, -0.1) is 0 Å². The molecule has 1 amide bonds. The molecule has 0 heterocycles. The second-order valence-electron chi connectivity index (χ2n) is 3.74. The van der Waals surface area contributed by atoms with Crippen molar-refractivity contribution < 1.29 is 9.90 Å². The Kier molecular flexibility index (Phi) is 4.68. The normalized spacial score (nSPS) is 10.2. The standard InChI is InChI=1S/C12H17NO2S/c1-9-4-5-10(11(14)8-9)12(15)13(2)6-7-16-3/h4-5,8,14H,6-7H2,1-3H3. The molecule has 0 aliphatic carbocycles. The SMILES string of the molecule is CSCCN(C)C(=O)c1ccc(C)cc1O. The summed E-state index contributed by atoms with van der Waals surface area (Å²) in [5.41, 5.74) is 1.31. The number of thioether (sulfide) groups is 1. The number of phenolic OH excluding ortho intramolecular Hbond substituents is 1. The number of aryl methyl sites for hydroxylation is 1. The first-order valence-corrected chi connectivity index (χ1v) is 6.49. The second kappa shape index (κ2) is 5.80. The molecule has 0 aromatic heterocycles. The summed E-state index contributed by atoms with van der Waals surface area (Å²) in [4.78, 5) is 13.6. The lowest BCUT2D eigenvalue weighted by Gasteiger charge is -2.17. The average Bonchev–Trinajstić information content (AvgIpc) is 2.25.